The first-order valence-corrected chi connectivity index (χ1v) is 8.04. The second-order valence-electron chi connectivity index (χ2n) is 5.63. The predicted octanol–water partition coefficient (Wildman–Crippen LogP) is 2.58. The summed E-state index contributed by atoms with van der Waals surface area (Å²) in [6.45, 7) is 0.638. The van der Waals surface area contributed by atoms with E-state index in [1.165, 1.54) is 0 Å². The van der Waals surface area contributed by atoms with Crippen molar-refractivity contribution in [2.24, 2.45) is 7.05 Å². The van der Waals surface area contributed by atoms with E-state index in [4.69, 9.17) is 16.3 Å². The first-order chi connectivity index (χ1) is 12.0. The summed E-state index contributed by atoms with van der Waals surface area (Å²) in [6, 6.07) is 8.87. The Kier molecular flexibility index (Phi) is 5.04. The number of benzene rings is 1. The van der Waals surface area contributed by atoms with Crippen molar-refractivity contribution < 1.29 is 9.53 Å². The van der Waals surface area contributed by atoms with Crippen LogP contribution in [0.3, 0.4) is 0 Å². The first-order valence-electron chi connectivity index (χ1n) is 7.66. The number of aryl methyl sites for hydroxylation is 1. The third-order valence-corrected chi connectivity index (χ3v) is 3.89. The highest BCUT2D eigenvalue weighted by molar-refractivity contribution is 6.32. The van der Waals surface area contributed by atoms with E-state index < -0.39 is 0 Å². The molecule has 0 saturated carbocycles. The van der Waals surface area contributed by atoms with Gasteiger partial charge in [0.15, 0.2) is 12.4 Å². The van der Waals surface area contributed by atoms with Gasteiger partial charge in [-0.05, 0) is 18.2 Å². The molecule has 2 heterocycles. The Labute approximate surface area is 150 Å². The van der Waals surface area contributed by atoms with Gasteiger partial charge in [-0.2, -0.15) is 10.2 Å². The molecule has 0 bridgehead atoms. The van der Waals surface area contributed by atoms with Crippen molar-refractivity contribution in [2.75, 3.05) is 7.05 Å². The number of amides is 1. The van der Waals surface area contributed by atoms with Gasteiger partial charge in [0.1, 0.15) is 5.75 Å². The highest BCUT2D eigenvalue weighted by Crippen LogP contribution is 2.23. The molecule has 25 heavy (non-hydrogen) atoms. The summed E-state index contributed by atoms with van der Waals surface area (Å²) in [7, 11) is 3.57. The average molecular weight is 360 g/mol. The van der Waals surface area contributed by atoms with Gasteiger partial charge in [0, 0.05) is 38.6 Å². The second kappa shape index (κ2) is 7.40. The largest absolute Gasteiger partial charge is 0.470 e. The number of halogens is 1. The molecule has 8 heteroatoms. The van der Waals surface area contributed by atoms with Crippen molar-refractivity contribution in [3.8, 4) is 5.75 Å². The average Bonchev–Trinajstić information content (AvgIpc) is 3.22. The number of rotatable bonds is 6. The molecule has 0 atom stereocenters. The van der Waals surface area contributed by atoms with Crippen molar-refractivity contribution in [3.05, 3.63) is 65.2 Å². The molecular formula is C17H18ClN5O2. The van der Waals surface area contributed by atoms with E-state index in [1.54, 1.807) is 51.9 Å². The third kappa shape index (κ3) is 4.19. The molecule has 0 aliphatic rings. The highest BCUT2D eigenvalue weighted by Gasteiger charge is 2.16. The summed E-state index contributed by atoms with van der Waals surface area (Å²) in [5.41, 5.74) is 1.31. The van der Waals surface area contributed by atoms with Crippen LogP contribution >= 0.6 is 11.6 Å². The molecule has 1 amide bonds. The molecular weight excluding hydrogens is 342 g/mol. The Bertz CT molecular complexity index is 873. The SMILES string of the molecule is CN(Cc1cnn(C)c1)C(=O)c1ccn(COc2ccccc2Cl)n1. The van der Waals surface area contributed by atoms with Crippen LogP contribution in [0.2, 0.25) is 5.02 Å². The van der Waals surface area contributed by atoms with Gasteiger partial charge >= 0.3 is 0 Å². The van der Waals surface area contributed by atoms with Gasteiger partial charge in [-0.3, -0.25) is 9.48 Å². The van der Waals surface area contributed by atoms with Crippen LogP contribution in [0.1, 0.15) is 16.1 Å². The highest BCUT2D eigenvalue weighted by atomic mass is 35.5. The van der Waals surface area contributed by atoms with Crippen LogP contribution < -0.4 is 4.74 Å². The van der Waals surface area contributed by atoms with Gasteiger partial charge in [0.25, 0.3) is 5.91 Å². The lowest BCUT2D eigenvalue weighted by molar-refractivity contribution is 0.0777. The lowest BCUT2D eigenvalue weighted by Gasteiger charge is -2.14. The molecule has 0 spiro atoms. The van der Waals surface area contributed by atoms with E-state index in [9.17, 15) is 4.79 Å². The minimum atomic E-state index is -0.166. The molecule has 130 valence electrons. The summed E-state index contributed by atoms with van der Waals surface area (Å²) in [6.07, 6.45) is 5.31. The number of para-hydroxylation sites is 1. The Hall–Kier alpha value is -2.80. The van der Waals surface area contributed by atoms with E-state index in [2.05, 4.69) is 10.2 Å². The molecule has 0 radical (unpaired) electrons. The maximum atomic E-state index is 12.5. The number of carbonyl (C=O) groups excluding carboxylic acids is 1. The molecule has 0 fully saturated rings. The molecule has 3 aromatic rings. The summed E-state index contributed by atoms with van der Waals surface area (Å²) >= 11 is 6.04. The Balaban J connectivity index is 1.60. The molecule has 0 aliphatic heterocycles. The van der Waals surface area contributed by atoms with Gasteiger partial charge in [-0.25, -0.2) is 4.68 Å². The lowest BCUT2D eigenvalue weighted by atomic mass is 10.3. The summed E-state index contributed by atoms with van der Waals surface area (Å²) < 4.78 is 8.86. The zero-order valence-corrected chi connectivity index (χ0v) is 14.7. The number of carbonyl (C=O) groups is 1. The van der Waals surface area contributed by atoms with Crippen LogP contribution in [0, 0.1) is 0 Å². The van der Waals surface area contributed by atoms with E-state index in [1.807, 2.05) is 25.4 Å². The smallest absolute Gasteiger partial charge is 0.274 e. The van der Waals surface area contributed by atoms with Crippen LogP contribution in [-0.2, 0) is 20.3 Å². The fraction of sp³-hybridized carbons (Fsp3) is 0.235. The molecule has 2 aromatic heterocycles. The van der Waals surface area contributed by atoms with Gasteiger partial charge in [-0.1, -0.05) is 23.7 Å². The zero-order chi connectivity index (χ0) is 17.8. The summed E-state index contributed by atoms with van der Waals surface area (Å²) in [5, 5.41) is 8.89. The maximum Gasteiger partial charge on any atom is 0.274 e. The number of ether oxygens (including phenoxy) is 1. The number of aromatic nitrogens is 4. The molecule has 7 nitrogen and oxygen atoms in total. The van der Waals surface area contributed by atoms with Crippen LogP contribution in [0.4, 0.5) is 0 Å². The first kappa shape index (κ1) is 17.0. The molecule has 0 aliphatic carbocycles. The molecule has 1 aromatic carbocycles. The van der Waals surface area contributed by atoms with Crippen molar-refractivity contribution in [3.63, 3.8) is 0 Å². The standard InChI is InChI=1S/C17H18ClN5O2/c1-21(10-13-9-19-22(2)11-13)17(24)15-7-8-23(20-15)12-25-16-6-4-3-5-14(16)18/h3-9,11H,10,12H2,1-2H3. The van der Waals surface area contributed by atoms with Gasteiger partial charge in [0.2, 0.25) is 0 Å². The minimum Gasteiger partial charge on any atom is -0.470 e. The Morgan fingerprint density at radius 1 is 1.32 bits per heavy atom. The number of nitrogens with zero attached hydrogens (tertiary/aromatic N) is 5. The fourth-order valence-electron chi connectivity index (χ4n) is 2.34. The van der Waals surface area contributed by atoms with E-state index in [-0.39, 0.29) is 12.6 Å². The van der Waals surface area contributed by atoms with Crippen LogP contribution in [0.5, 0.6) is 5.75 Å². The summed E-state index contributed by atoms with van der Waals surface area (Å²) in [5.74, 6) is 0.404. The minimum absolute atomic E-state index is 0.166. The topological polar surface area (TPSA) is 65.2 Å². The Morgan fingerprint density at radius 2 is 2.12 bits per heavy atom. The van der Waals surface area contributed by atoms with Crippen LogP contribution in [0.15, 0.2) is 48.9 Å². The molecule has 0 saturated heterocycles. The monoisotopic (exact) mass is 359 g/mol. The zero-order valence-electron chi connectivity index (χ0n) is 14.0. The molecule has 0 unspecified atom stereocenters. The number of hydrogen-bond acceptors (Lipinski definition) is 4. The van der Waals surface area contributed by atoms with Gasteiger partial charge in [-0.15, -0.1) is 0 Å². The van der Waals surface area contributed by atoms with Crippen molar-refractivity contribution >= 4 is 17.5 Å². The van der Waals surface area contributed by atoms with E-state index in [0.717, 1.165) is 5.56 Å². The van der Waals surface area contributed by atoms with Crippen molar-refractivity contribution in [2.45, 2.75) is 13.3 Å². The normalized spacial score (nSPS) is 10.7. The summed E-state index contributed by atoms with van der Waals surface area (Å²) in [4.78, 5) is 14.1. The van der Waals surface area contributed by atoms with Gasteiger partial charge < -0.3 is 9.64 Å². The van der Waals surface area contributed by atoms with Crippen LogP contribution in [-0.4, -0.2) is 37.4 Å². The fourth-order valence-corrected chi connectivity index (χ4v) is 2.53. The quantitative estimate of drug-likeness (QED) is 0.678. The van der Waals surface area contributed by atoms with E-state index >= 15 is 0 Å². The molecule has 0 N–H and O–H groups in total. The number of hydrogen-bond donors (Lipinski definition) is 0. The second-order valence-corrected chi connectivity index (χ2v) is 6.03. The molecule has 3 rings (SSSR count). The Morgan fingerprint density at radius 3 is 2.84 bits per heavy atom. The van der Waals surface area contributed by atoms with E-state index in [0.29, 0.717) is 23.0 Å². The van der Waals surface area contributed by atoms with Crippen molar-refractivity contribution in [1.29, 1.82) is 0 Å². The lowest BCUT2D eigenvalue weighted by Crippen LogP contribution is -2.26. The van der Waals surface area contributed by atoms with Crippen LogP contribution in [0.25, 0.3) is 0 Å². The predicted molar refractivity (Wildman–Crippen MR) is 93.3 cm³/mol. The van der Waals surface area contributed by atoms with Crippen molar-refractivity contribution in [1.82, 2.24) is 24.5 Å². The maximum absolute atomic E-state index is 12.5. The third-order valence-electron chi connectivity index (χ3n) is 3.57. The van der Waals surface area contributed by atoms with Gasteiger partial charge in [0.05, 0.1) is 11.2 Å².